The maximum Gasteiger partial charge on any atom is 0.410 e. The Morgan fingerprint density at radius 1 is 0.947 bits per heavy atom. The number of carbonyl (C=O) groups excluding carboxylic acids is 1. The van der Waals surface area contributed by atoms with E-state index in [-0.39, 0.29) is 13.2 Å². The van der Waals surface area contributed by atoms with Gasteiger partial charge >= 0.3 is 12.1 Å². The van der Waals surface area contributed by atoms with Crippen LogP contribution in [0.5, 0.6) is 5.75 Å². The van der Waals surface area contributed by atoms with Gasteiger partial charge in [-0.25, -0.2) is 9.59 Å². The molecule has 1 amide bonds. The molecule has 3 aromatic rings. The first kappa shape index (κ1) is 29.0. The van der Waals surface area contributed by atoms with E-state index in [4.69, 9.17) is 26.2 Å². The lowest BCUT2D eigenvalue weighted by Crippen LogP contribution is -2.40. The molecule has 0 aliphatic heterocycles. The highest BCUT2D eigenvalue weighted by Gasteiger charge is 2.24. The molecule has 38 heavy (non-hydrogen) atoms. The van der Waals surface area contributed by atoms with Crippen molar-refractivity contribution in [3.63, 3.8) is 0 Å². The summed E-state index contributed by atoms with van der Waals surface area (Å²) in [5, 5.41) is 20.0. The van der Waals surface area contributed by atoms with E-state index >= 15 is 0 Å². The van der Waals surface area contributed by atoms with Gasteiger partial charge in [0.25, 0.3) is 0 Å². The number of carbonyl (C=O) groups is 2. The number of ether oxygens (including phenoxy) is 2. The quantitative estimate of drug-likeness (QED) is 0.314. The zero-order valence-electron chi connectivity index (χ0n) is 21.9. The maximum atomic E-state index is 12.9. The number of nitrogens with zero attached hydrogens (tertiary/aromatic N) is 1. The molecule has 0 unspecified atom stereocenters. The normalized spacial score (nSPS) is 12.0. The number of carboxylic acid groups (broad SMARTS) is 1. The van der Waals surface area contributed by atoms with E-state index in [2.05, 4.69) is 0 Å². The average Bonchev–Trinajstić information content (AvgIpc) is 2.85. The molecule has 0 fully saturated rings. The summed E-state index contributed by atoms with van der Waals surface area (Å²) in [6, 6.07) is 22.5. The molecule has 0 saturated carbocycles. The summed E-state index contributed by atoms with van der Waals surface area (Å²) in [6.07, 6.45) is -0.0669. The number of hydrogen-bond acceptors (Lipinski definition) is 5. The number of halogens is 1. The van der Waals surface area contributed by atoms with Crippen molar-refractivity contribution in [1.82, 2.24) is 4.90 Å². The average molecular weight is 540 g/mol. The molecule has 0 bridgehead atoms. The molecule has 3 rings (SSSR count). The zero-order valence-corrected chi connectivity index (χ0v) is 22.6. The zero-order chi connectivity index (χ0) is 27.7. The van der Waals surface area contributed by atoms with Crippen LogP contribution < -0.4 is 4.74 Å². The molecule has 0 aliphatic rings. The van der Waals surface area contributed by atoms with Crippen molar-refractivity contribution in [3.8, 4) is 5.75 Å². The van der Waals surface area contributed by atoms with E-state index in [1.54, 1.807) is 36.4 Å². The van der Waals surface area contributed by atoms with Gasteiger partial charge in [0.15, 0.2) is 6.61 Å². The Balaban J connectivity index is 1.61. The Labute approximate surface area is 228 Å². The number of amides is 1. The fraction of sp³-hybridized carbons (Fsp3) is 0.333. The monoisotopic (exact) mass is 539 g/mol. The standard InChI is InChI=1S/C30H34ClNO6/c1-30(2,3)38-29(36)32(19-27(33)24-5-4-6-25(31)18-24)16-15-21-7-9-22(10-8-21)17-23-11-13-26(14-12-23)37-20-28(34)35/h4-14,18,27,33H,15-17,19-20H2,1-3H3,(H,34,35)/t27-/m0/s1. The number of aliphatic carboxylic acids is 1. The third kappa shape index (κ3) is 9.72. The van der Waals surface area contributed by atoms with E-state index < -0.39 is 23.8 Å². The Morgan fingerprint density at radius 2 is 1.55 bits per heavy atom. The fourth-order valence-corrected chi connectivity index (χ4v) is 3.98. The van der Waals surface area contributed by atoms with Crippen LogP contribution >= 0.6 is 11.6 Å². The molecule has 0 aromatic heterocycles. The SMILES string of the molecule is CC(C)(C)OC(=O)N(CCc1ccc(Cc2ccc(OCC(=O)O)cc2)cc1)C[C@H](O)c1cccc(Cl)c1. The topological polar surface area (TPSA) is 96.3 Å². The van der Waals surface area contributed by atoms with Gasteiger partial charge < -0.3 is 24.6 Å². The van der Waals surface area contributed by atoms with Crippen LogP contribution in [0.1, 0.15) is 49.1 Å². The molecule has 1 atom stereocenters. The summed E-state index contributed by atoms with van der Waals surface area (Å²) >= 11 is 6.07. The molecule has 0 aliphatic carbocycles. The van der Waals surface area contributed by atoms with Gasteiger partial charge in [0, 0.05) is 11.6 Å². The molecule has 7 nitrogen and oxygen atoms in total. The van der Waals surface area contributed by atoms with Gasteiger partial charge in [0.05, 0.1) is 12.6 Å². The minimum Gasteiger partial charge on any atom is -0.482 e. The van der Waals surface area contributed by atoms with Crippen LogP contribution in [0.15, 0.2) is 72.8 Å². The van der Waals surface area contributed by atoms with Crippen LogP contribution in [-0.4, -0.2) is 52.5 Å². The number of aliphatic hydroxyl groups is 1. The lowest BCUT2D eigenvalue weighted by molar-refractivity contribution is -0.139. The van der Waals surface area contributed by atoms with E-state index in [1.807, 2.05) is 57.2 Å². The van der Waals surface area contributed by atoms with Crippen molar-refractivity contribution < 1.29 is 29.3 Å². The molecule has 0 heterocycles. The van der Waals surface area contributed by atoms with Crippen LogP contribution in [0.2, 0.25) is 5.02 Å². The molecular weight excluding hydrogens is 506 g/mol. The lowest BCUT2D eigenvalue weighted by atomic mass is 10.0. The van der Waals surface area contributed by atoms with Crippen LogP contribution in [0.3, 0.4) is 0 Å². The van der Waals surface area contributed by atoms with Crippen LogP contribution in [0.4, 0.5) is 4.79 Å². The summed E-state index contributed by atoms with van der Waals surface area (Å²) in [6.45, 7) is 5.53. The maximum absolute atomic E-state index is 12.9. The van der Waals surface area contributed by atoms with Crippen molar-refractivity contribution in [2.45, 2.75) is 45.3 Å². The van der Waals surface area contributed by atoms with Crippen LogP contribution in [0, 0.1) is 0 Å². The van der Waals surface area contributed by atoms with Gasteiger partial charge in [-0.15, -0.1) is 0 Å². The van der Waals surface area contributed by atoms with Crippen LogP contribution in [-0.2, 0) is 22.4 Å². The van der Waals surface area contributed by atoms with Crippen molar-refractivity contribution in [2.24, 2.45) is 0 Å². The molecule has 0 saturated heterocycles. The molecule has 0 spiro atoms. The van der Waals surface area contributed by atoms with E-state index in [9.17, 15) is 14.7 Å². The van der Waals surface area contributed by atoms with Gasteiger partial charge in [-0.05, 0) is 80.1 Å². The summed E-state index contributed by atoms with van der Waals surface area (Å²) in [5.74, 6) is -0.498. The molecule has 0 radical (unpaired) electrons. The van der Waals surface area contributed by atoms with E-state index in [0.717, 1.165) is 23.1 Å². The number of hydrogen-bond donors (Lipinski definition) is 2. The predicted octanol–water partition coefficient (Wildman–Crippen LogP) is 5.91. The number of rotatable bonds is 11. The minimum atomic E-state index is -1.01. The third-order valence-electron chi connectivity index (χ3n) is 5.67. The molecule has 2 N–H and O–H groups in total. The smallest absolute Gasteiger partial charge is 0.410 e. The first-order valence-corrected chi connectivity index (χ1v) is 12.8. The summed E-state index contributed by atoms with van der Waals surface area (Å²) < 4.78 is 10.8. The third-order valence-corrected chi connectivity index (χ3v) is 5.90. The number of aliphatic hydroxyl groups excluding tert-OH is 1. The molecule has 3 aromatic carbocycles. The van der Waals surface area contributed by atoms with E-state index in [1.165, 1.54) is 4.90 Å². The second kappa shape index (κ2) is 13.3. The van der Waals surface area contributed by atoms with Gasteiger partial charge in [0.2, 0.25) is 0 Å². The Bertz CT molecular complexity index is 1200. The van der Waals surface area contributed by atoms with Crippen molar-refractivity contribution in [3.05, 3.63) is 100 Å². The van der Waals surface area contributed by atoms with E-state index in [0.29, 0.717) is 29.3 Å². The second-order valence-corrected chi connectivity index (χ2v) is 10.5. The summed E-state index contributed by atoms with van der Waals surface area (Å²) in [5.41, 5.74) is 3.23. The highest BCUT2D eigenvalue weighted by Crippen LogP contribution is 2.21. The molecule has 8 heteroatoms. The second-order valence-electron chi connectivity index (χ2n) is 10.1. The molecule has 202 valence electrons. The first-order valence-electron chi connectivity index (χ1n) is 12.4. The van der Waals surface area contributed by atoms with Crippen molar-refractivity contribution >= 4 is 23.7 Å². The van der Waals surface area contributed by atoms with Crippen LogP contribution in [0.25, 0.3) is 0 Å². The van der Waals surface area contributed by atoms with Gasteiger partial charge in [-0.3, -0.25) is 0 Å². The van der Waals surface area contributed by atoms with Crippen molar-refractivity contribution in [1.29, 1.82) is 0 Å². The fourth-order valence-electron chi connectivity index (χ4n) is 3.78. The minimum absolute atomic E-state index is 0.0829. The Hall–Kier alpha value is -3.55. The number of carboxylic acids is 1. The highest BCUT2D eigenvalue weighted by atomic mass is 35.5. The highest BCUT2D eigenvalue weighted by molar-refractivity contribution is 6.30. The van der Waals surface area contributed by atoms with Gasteiger partial charge in [-0.2, -0.15) is 0 Å². The molecular formula is C30H34ClNO6. The Kier molecular flexibility index (Phi) is 10.2. The first-order chi connectivity index (χ1) is 18.0. The largest absolute Gasteiger partial charge is 0.482 e. The van der Waals surface area contributed by atoms with Crippen molar-refractivity contribution in [2.75, 3.05) is 19.7 Å². The number of benzene rings is 3. The lowest BCUT2D eigenvalue weighted by Gasteiger charge is -2.29. The van der Waals surface area contributed by atoms with Gasteiger partial charge in [0.1, 0.15) is 11.4 Å². The summed E-state index contributed by atoms with van der Waals surface area (Å²) in [4.78, 5) is 25.1. The Morgan fingerprint density at radius 3 is 2.13 bits per heavy atom. The summed E-state index contributed by atoms with van der Waals surface area (Å²) in [7, 11) is 0. The van der Waals surface area contributed by atoms with Gasteiger partial charge in [-0.1, -0.05) is 60.1 Å². The predicted molar refractivity (Wildman–Crippen MR) is 147 cm³/mol.